The summed E-state index contributed by atoms with van der Waals surface area (Å²) in [6, 6.07) is 23.0. The standard InChI is InChI=1S/C23H24N2O3S/c1-18-12-14-19(15-13-18)17-24(2)23(26)20-8-7-11-22(16-20)29(27,28)25(3)21-9-5-4-6-10-21/h4-16H,17H2,1-3H3. The highest BCUT2D eigenvalue weighted by molar-refractivity contribution is 7.92. The second kappa shape index (κ2) is 8.49. The Balaban J connectivity index is 1.82. The molecule has 0 aliphatic carbocycles. The molecule has 5 nitrogen and oxygen atoms in total. The van der Waals surface area contributed by atoms with E-state index in [1.54, 1.807) is 48.3 Å². The van der Waals surface area contributed by atoms with Crippen molar-refractivity contribution in [3.63, 3.8) is 0 Å². The minimum atomic E-state index is -3.77. The molecule has 0 saturated heterocycles. The van der Waals surface area contributed by atoms with E-state index in [0.717, 1.165) is 11.1 Å². The van der Waals surface area contributed by atoms with E-state index in [2.05, 4.69) is 0 Å². The maximum atomic E-state index is 13.0. The Morgan fingerprint density at radius 2 is 1.52 bits per heavy atom. The molecular weight excluding hydrogens is 384 g/mol. The van der Waals surface area contributed by atoms with Crippen LogP contribution in [-0.4, -0.2) is 33.3 Å². The number of amides is 1. The summed E-state index contributed by atoms with van der Waals surface area (Å²) in [7, 11) is -0.564. The molecule has 0 unspecified atom stereocenters. The van der Waals surface area contributed by atoms with Crippen LogP contribution in [-0.2, 0) is 16.6 Å². The topological polar surface area (TPSA) is 57.7 Å². The Labute approximate surface area is 172 Å². The highest BCUT2D eigenvalue weighted by atomic mass is 32.2. The van der Waals surface area contributed by atoms with E-state index < -0.39 is 10.0 Å². The van der Waals surface area contributed by atoms with E-state index >= 15 is 0 Å². The molecule has 0 heterocycles. The molecule has 0 aromatic heterocycles. The van der Waals surface area contributed by atoms with E-state index in [-0.39, 0.29) is 10.8 Å². The predicted molar refractivity (Wildman–Crippen MR) is 115 cm³/mol. The quantitative estimate of drug-likeness (QED) is 0.617. The van der Waals surface area contributed by atoms with Crippen molar-refractivity contribution < 1.29 is 13.2 Å². The van der Waals surface area contributed by atoms with Crippen LogP contribution in [0.25, 0.3) is 0 Å². The fourth-order valence-electron chi connectivity index (χ4n) is 2.98. The highest BCUT2D eigenvalue weighted by Crippen LogP contribution is 2.23. The molecule has 0 fully saturated rings. The zero-order valence-corrected chi connectivity index (χ0v) is 17.6. The van der Waals surface area contributed by atoms with Gasteiger partial charge in [-0.1, -0.05) is 54.1 Å². The van der Waals surface area contributed by atoms with Gasteiger partial charge in [0.15, 0.2) is 0 Å². The van der Waals surface area contributed by atoms with Crippen molar-refractivity contribution in [3.05, 3.63) is 95.6 Å². The van der Waals surface area contributed by atoms with Crippen molar-refractivity contribution in [2.75, 3.05) is 18.4 Å². The lowest BCUT2D eigenvalue weighted by atomic mass is 10.1. The van der Waals surface area contributed by atoms with Crippen molar-refractivity contribution >= 4 is 21.6 Å². The molecule has 150 valence electrons. The lowest BCUT2D eigenvalue weighted by Gasteiger charge is -2.21. The van der Waals surface area contributed by atoms with Gasteiger partial charge in [-0.3, -0.25) is 9.10 Å². The summed E-state index contributed by atoms with van der Waals surface area (Å²) in [5.41, 5.74) is 3.06. The zero-order chi connectivity index (χ0) is 21.0. The molecule has 3 aromatic rings. The van der Waals surface area contributed by atoms with Crippen LogP contribution in [0.5, 0.6) is 0 Å². The third kappa shape index (κ3) is 4.66. The Morgan fingerprint density at radius 1 is 0.862 bits per heavy atom. The number of hydrogen-bond donors (Lipinski definition) is 0. The number of nitrogens with zero attached hydrogens (tertiary/aromatic N) is 2. The minimum absolute atomic E-state index is 0.0819. The fraction of sp³-hybridized carbons (Fsp3) is 0.174. The smallest absolute Gasteiger partial charge is 0.264 e. The average Bonchev–Trinajstić information content (AvgIpc) is 2.75. The first-order valence-corrected chi connectivity index (χ1v) is 10.7. The summed E-state index contributed by atoms with van der Waals surface area (Å²) in [6.45, 7) is 2.46. The largest absolute Gasteiger partial charge is 0.337 e. The van der Waals surface area contributed by atoms with E-state index in [1.807, 2.05) is 37.3 Å². The second-order valence-corrected chi connectivity index (χ2v) is 8.95. The molecule has 6 heteroatoms. The van der Waals surface area contributed by atoms with Gasteiger partial charge in [0, 0.05) is 26.2 Å². The van der Waals surface area contributed by atoms with Gasteiger partial charge in [0.05, 0.1) is 10.6 Å². The van der Waals surface area contributed by atoms with Gasteiger partial charge in [-0.25, -0.2) is 8.42 Å². The van der Waals surface area contributed by atoms with Crippen LogP contribution in [0, 0.1) is 6.92 Å². The van der Waals surface area contributed by atoms with Crippen LogP contribution >= 0.6 is 0 Å². The number of aryl methyl sites for hydroxylation is 1. The minimum Gasteiger partial charge on any atom is -0.337 e. The molecule has 29 heavy (non-hydrogen) atoms. The van der Waals surface area contributed by atoms with Gasteiger partial charge in [0.25, 0.3) is 15.9 Å². The summed E-state index contributed by atoms with van der Waals surface area (Å²) < 4.78 is 27.2. The summed E-state index contributed by atoms with van der Waals surface area (Å²) in [5.74, 6) is -0.231. The first kappa shape index (κ1) is 20.6. The number of sulfonamides is 1. The van der Waals surface area contributed by atoms with Crippen LogP contribution in [0.1, 0.15) is 21.5 Å². The normalized spacial score (nSPS) is 11.1. The second-order valence-electron chi connectivity index (χ2n) is 6.98. The van der Waals surface area contributed by atoms with Crippen LogP contribution in [0.3, 0.4) is 0 Å². The van der Waals surface area contributed by atoms with E-state index in [1.165, 1.54) is 23.5 Å². The number of benzene rings is 3. The molecule has 0 radical (unpaired) electrons. The lowest BCUT2D eigenvalue weighted by molar-refractivity contribution is 0.0785. The molecule has 0 saturated carbocycles. The molecule has 0 atom stereocenters. The summed E-state index contributed by atoms with van der Waals surface area (Å²) in [4.78, 5) is 14.5. The van der Waals surface area contributed by atoms with Crippen LogP contribution < -0.4 is 4.31 Å². The molecule has 3 aromatic carbocycles. The third-order valence-electron chi connectivity index (χ3n) is 4.75. The monoisotopic (exact) mass is 408 g/mol. The molecule has 3 rings (SSSR count). The molecule has 0 bridgehead atoms. The summed E-state index contributed by atoms with van der Waals surface area (Å²) in [5, 5.41) is 0. The maximum Gasteiger partial charge on any atom is 0.264 e. The van der Waals surface area contributed by atoms with Gasteiger partial charge in [0.1, 0.15) is 0 Å². The summed E-state index contributed by atoms with van der Waals surface area (Å²) in [6.07, 6.45) is 0. The van der Waals surface area contributed by atoms with E-state index in [0.29, 0.717) is 17.8 Å². The first-order valence-electron chi connectivity index (χ1n) is 9.24. The lowest BCUT2D eigenvalue weighted by Crippen LogP contribution is -2.28. The third-order valence-corrected chi connectivity index (χ3v) is 6.53. The SMILES string of the molecule is Cc1ccc(CN(C)C(=O)c2cccc(S(=O)(=O)N(C)c3ccccc3)c2)cc1. The number of rotatable bonds is 6. The van der Waals surface area contributed by atoms with Crippen LogP contribution in [0.2, 0.25) is 0 Å². The number of para-hydroxylation sites is 1. The Hall–Kier alpha value is -3.12. The number of carbonyl (C=O) groups is 1. The van der Waals surface area contributed by atoms with Gasteiger partial charge in [-0.2, -0.15) is 0 Å². The van der Waals surface area contributed by atoms with Crippen LogP contribution in [0.15, 0.2) is 83.8 Å². The number of anilines is 1. The molecule has 0 aliphatic rings. The Morgan fingerprint density at radius 3 is 2.17 bits per heavy atom. The van der Waals surface area contributed by atoms with Gasteiger partial charge in [-0.05, 0) is 42.8 Å². The van der Waals surface area contributed by atoms with Gasteiger partial charge in [0.2, 0.25) is 0 Å². The molecule has 0 aliphatic heterocycles. The zero-order valence-electron chi connectivity index (χ0n) is 16.7. The fourth-order valence-corrected chi connectivity index (χ4v) is 4.23. The highest BCUT2D eigenvalue weighted by Gasteiger charge is 2.23. The van der Waals surface area contributed by atoms with Gasteiger partial charge < -0.3 is 4.90 Å². The number of carbonyl (C=O) groups excluding carboxylic acids is 1. The van der Waals surface area contributed by atoms with Crippen molar-refractivity contribution in [3.8, 4) is 0 Å². The van der Waals surface area contributed by atoms with Crippen molar-refractivity contribution in [1.82, 2.24) is 4.90 Å². The van der Waals surface area contributed by atoms with Crippen molar-refractivity contribution in [2.45, 2.75) is 18.4 Å². The molecular formula is C23H24N2O3S. The van der Waals surface area contributed by atoms with E-state index in [9.17, 15) is 13.2 Å². The Bertz CT molecular complexity index is 1090. The Kier molecular flexibility index (Phi) is 6.03. The maximum absolute atomic E-state index is 13.0. The van der Waals surface area contributed by atoms with Gasteiger partial charge in [-0.15, -0.1) is 0 Å². The van der Waals surface area contributed by atoms with E-state index in [4.69, 9.17) is 0 Å². The average molecular weight is 409 g/mol. The number of hydrogen-bond acceptors (Lipinski definition) is 3. The molecule has 1 amide bonds. The predicted octanol–water partition coefficient (Wildman–Crippen LogP) is 4.09. The van der Waals surface area contributed by atoms with Crippen molar-refractivity contribution in [2.24, 2.45) is 0 Å². The van der Waals surface area contributed by atoms with Crippen molar-refractivity contribution in [1.29, 1.82) is 0 Å². The summed E-state index contributed by atoms with van der Waals surface area (Å²) >= 11 is 0. The van der Waals surface area contributed by atoms with Crippen LogP contribution in [0.4, 0.5) is 5.69 Å². The first-order chi connectivity index (χ1) is 13.8. The molecule has 0 spiro atoms. The molecule has 0 N–H and O–H groups in total. The van der Waals surface area contributed by atoms with Gasteiger partial charge >= 0.3 is 0 Å².